The Morgan fingerprint density at radius 2 is 2.00 bits per heavy atom. The summed E-state index contributed by atoms with van der Waals surface area (Å²) in [7, 11) is 1.59. The molecule has 0 bridgehead atoms. The van der Waals surface area contributed by atoms with E-state index in [-0.39, 0.29) is 0 Å². The molecule has 1 heterocycles. The Labute approximate surface area is 108 Å². The summed E-state index contributed by atoms with van der Waals surface area (Å²) < 4.78 is 11.4. The number of methoxy groups -OCH3 is 1. The third kappa shape index (κ3) is 3.10. The fourth-order valence-electron chi connectivity index (χ4n) is 1.31. The van der Waals surface area contributed by atoms with Gasteiger partial charge < -0.3 is 15.2 Å². The van der Waals surface area contributed by atoms with Gasteiger partial charge in [-0.1, -0.05) is 15.9 Å². The monoisotopic (exact) mass is 294 g/mol. The van der Waals surface area contributed by atoms with Gasteiger partial charge in [0.1, 0.15) is 11.5 Å². The number of hydrogen-bond acceptors (Lipinski definition) is 4. The van der Waals surface area contributed by atoms with E-state index in [1.165, 1.54) is 0 Å². The van der Waals surface area contributed by atoms with Crippen molar-refractivity contribution in [3.8, 4) is 17.4 Å². The molecule has 0 spiro atoms. The van der Waals surface area contributed by atoms with Crippen molar-refractivity contribution in [3.05, 3.63) is 41.0 Å². The molecule has 0 amide bonds. The van der Waals surface area contributed by atoms with Crippen LogP contribution in [0.5, 0.6) is 17.4 Å². The van der Waals surface area contributed by atoms with Gasteiger partial charge in [0, 0.05) is 22.3 Å². The molecule has 0 saturated carbocycles. The van der Waals surface area contributed by atoms with Crippen molar-refractivity contribution in [1.82, 2.24) is 4.98 Å². The van der Waals surface area contributed by atoms with Crippen LogP contribution in [0.15, 0.2) is 41.0 Å². The molecule has 2 N–H and O–H groups in total. The Morgan fingerprint density at radius 3 is 2.59 bits per heavy atom. The van der Waals surface area contributed by atoms with E-state index in [9.17, 15) is 0 Å². The van der Waals surface area contributed by atoms with Crippen LogP contribution in [-0.2, 0) is 0 Å². The van der Waals surface area contributed by atoms with Crippen LogP contribution in [0.25, 0.3) is 0 Å². The van der Waals surface area contributed by atoms with Gasteiger partial charge in [-0.25, -0.2) is 4.98 Å². The predicted molar refractivity (Wildman–Crippen MR) is 69.4 cm³/mol. The first-order chi connectivity index (χ1) is 8.17. The van der Waals surface area contributed by atoms with E-state index in [2.05, 4.69) is 20.9 Å². The number of halogens is 1. The number of hydrogen-bond donors (Lipinski definition) is 1. The highest BCUT2D eigenvalue weighted by Gasteiger charge is 2.01. The third-order valence-corrected chi connectivity index (χ3v) is 2.52. The number of pyridine rings is 1. The Hall–Kier alpha value is -1.75. The van der Waals surface area contributed by atoms with Gasteiger partial charge in [0.25, 0.3) is 0 Å². The van der Waals surface area contributed by atoms with Gasteiger partial charge in [-0.3, -0.25) is 0 Å². The van der Waals surface area contributed by atoms with Crippen LogP contribution in [0.2, 0.25) is 0 Å². The predicted octanol–water partition coefficient (Wildman–Crippen LogP) is 3.23. The lowest BCUT2D eigenvalue weighted by Crippen LogP contribution is -1.91. The summed E-state index contributed by atoms with van der Waals surface area (Å²) in [6, 6.07) is 8.87. The molecule has 17 heavy (non-hydrogen) atoms. The van der Waals surface area contributed by atoms with Crippen LogP contribution in [-0.4, -0.2) is 12.1 Å². The molecule has 2 rings (SSSR count). The summed E-state index contributed by atoms with van der Waals surface area (Å²) in [6.07, 6.45) is 1.59. The molecule has 0 aliphatic carbocycles. The van der Waals surface area contributed by atoms with Crippen LogP contribution in [0, 0.1) is 0 Å². The summed E-state index contributed by atoms with van der Waals surface area (Å²) in [5, 5.41) is 0. The first-order valence-corrected chi connectivity index (χ1v) is 5.70. The number of nitrogen functional groups attached to an aromatic ring is 1. The van der Waals surface area contributed by atoms with Crippen LogP contribution < -0.4 is 15.2 Å². The van der Waals surface area contributed by atoms with Crippen LogP contribution >= 0.6 is 15.9 Å². The zero-order valence-corrected chi connectivity index (χ0v) is 10.8. The van der Waals surface area contributed by atoms with Gasteiger partial charge in [0.2, 0.25) is 5.88 Å². The quantitative estimate of drug-likeness (QED) is 0.883. The van der Waals surface area contributed by atoms with Crippen molar-refractivity contribution in [2.45, 2.75) is 0 Å². The average Bonchev–Trinajstić information content (AvgIpc) is 2.28. The molecule has 0 radical (unpaired) electrons. The zero-order valence-electron chi connectivity index (χ0n) is 9.18. The molecule has 0 saturated heterocycles. The number of nitrogens with zero attached hydrogens (tertiary/aromatic N) is 1. The van der Waals surface area contributed by atoms with E-state index < -0.39 is 0 Å². The fourth-order valence-corrected chi connectivity index (χ4v) is 1.80. The Balaban J connectivity index is 2.19. The average molecular weight is 295 g/mol. The Kier molecular flexibility index (Phi) is 3.49. The van der Waals surface area contributed by atoms with Crippen LogP contribution in [0.1, 0.15) is 0 Å². The standard InChI is InChI=1S/C12H11BrN2O2/c1-16-10-2-3-12(15-7-10)17-11-5-8(13)4-9(14)6-11/h2-7H,14H2,1H3. The molecule has 88 valence electrons. The molecule has 4 nitrogen and oxygen atoms in total. The highest BCUT2D eigenvalue weighted by Crippen LogP contribution is 2.26. The number of ether oxygens (including phenoxy) is 2. The van der Waals surface area contributed by atoms with Gasteiger partial charge in [-0.15, -0.1) is 0 Å². The molecule has 0 aliphatic heterocycles. The van der Waals surface area contributed by atoms with Gasteiger partial charge >= 0.3 is 0 Å². The second-order valence-electron chi connectivity index (χ2n) is 3.36. The van der Waals surface area contributed by atoms with Crippen LogP contribution in [0.4, 0.5) is 5.69 Å². The SMILES string of the molecule is COc1ccc(Oc2cc(N)cc(Br)c2)nc1. The van der Waals surface area contributed by atoms with Gasteiger partial charge in [0.05, 0.1) is 13.3 Å². The van der Waals surface area contributed by atoms with Crippen LogP contribution in [0.3, 0.4) is 0 Å². The molecule has 0 fully saturated rings. The molecule has 1 aromatic carbocycles. The molecular formula is C12H11BrN2O2. The summed E-state index contributed by atoms with van der Waals surface area (Å²) in [5.74, 6) is 1.81. The zero-order chi connectivity index (χ0) is 12.3. The lowest BCUT2D eigenvalue weighted by atomic mass is 10.3. The molecule has 2 aromatic rings. The van der Waals surface area contributed by atoms with Crippen molar-refractivity contribution >= 4 is 21.6 Å². The molecular weight excluding hydrogens is 284 g/mol. The van der Waals surface area contributed by atoms with E-state index >= 15 is 0 Å². The second kappa shape index (κ2) is 5.05. The number of rotatable bonds is 3. The maximum Gasteiger partial charge on any atom is 0.219 e. The van der Waals surface area contributed by atoms with Crippen molar-refractivity contribution in [3.63, 3.8) is 0 Å². The lowest BCUT2D eigenvalue weighted by Gasteiger charge is -2.06. The summed E-state index contributed by atoms with van der Waals surface area (Å²) in [5.41, 5.74) is 6.34. The van der Waals surface area contributed by atoms with E-state index in [4.69, 9.17) is 15.2 Å². The minimum Gasteiger partial charge on any atom is -0.495 e. The highest BCUT2D eigenvalue weighted by atomic mass is 79.9. The molecule has 0 unspecified atom stereocenters. The van der Waals surface area contributed by atoms with Crippen molar-refractivity contribution in [2.24, 2.45) is 0 Å². The second-order valence-corrected chi connectivity index (χ2v) is 4.27. The van der Waals surface area contributed by atoms with Gasteiger partial charge in [0.15, 0.2) is 0 Å². The van der Waals surface area contributed by atoms with Crippen molar-refractivity contribution < 1.29 is 9.47 Å². The third-order valence-electron chi connectivity index (χ3n) is 2.06. The molecule has 1 aromatic heterocycles. The Bertz CT molecular complexity index is 494. The highest BCUT2D eigenvalue weighted by molar-refractivity contribution is 9.10. The molecule has 5 heteroatoms. The van der Waals surface area contributed by atoms with Gasteiger partial charge in [-0.2, -0.15) is 0 Å². The summed E-state index contributed by atoms with van der Waals surface area (Å²) >= 11 is 3.35. The molecule has 0 aliphatic rings. The first-order valence-electron chi connectivity index (χ1n) is 4.91. The van der Waals surface area contributed by atoms with E-state index in [1.54, 1.807) is 37.6 Å². The molecule has 0 atom stereocenters. The van der Waals surface area contributed by atoms with Gasteiger partial charge in [-0.05, 0) is 18.2 Å². The normalized spacial score (nSPS) is 10.0. The summed E-state index contributed by atoms with van der Waals surface area (Å²) in [6.45, 7) is 0. The number of nitrogens with two attached hydrogens (primary N) is 1. The minimum atomic E-state index is 0.489. The van der Waals surface area contributed by atoms with E-state index in [0.29, 0.717) is 23.1 Å². The Morgan fingerprint density at radius 1 is 1.18 bits per heavy atom. The summed E-state index contributed by atoms with van der Waals surface area (Å²) in [4.78, 5) is 4.10. The fraction of sp³-hybridized carbons (Fsp3) is 0.0833. The lowest BCUT2D eigenvalue weighted by molar-refractivity contribution is 0.408. The maximum atomic E-state index is 5.71. The minimum absolute atomic E-state index is 0.489. The van der Waals surface area contributed by atoms with E-state index in [1.807, 2.05) is 6.07 Å². The smallest absolute Gasteiger partial charge is 0.219 e. The number of aromatic nitrogens is 1. The number of anilines is 1. The number of benzene rings is 1. The first kappa shape index (κ1) is 11.7. The van der Waals surface area contributed by atoms with Crippen molar-refractivity contribution in [1.29, 1.82) is 0 Å². The van der Waals surface area contributed by atoms with E-state index in [0.717, 1.165) is 4.47 Å². The topological polar surface area (TPSA) is 57.4 Å². The van der Waals surface area contributed by atoms with Crippen molar-refractivity contribution in [2.75, 3.05) is 12.8 Å². The largest absolute Gasteiger partial charge is 0.495 e. The maximum absolute atomic E-state index is 5.71.